The molecule has 1 fully saturated rings. The van der Waals surface area contributed by atoms with Gasteiger partial charge in [0.1, 0.15) is 11.9 Å². The second-order valence-electron chi connectivity index (χ2n) is 5.54. The third-order valence-electron chi connectivity index (χ3n) is 3.93. The number of ether oxygens (including phenoxy) is 1. The van der Waals surface area contributed by atoms with Gasteiger partial charge in [-0.25, -0.2) is 4.98 Å². The predicted molar refractivity (Wildman–Crippen MR) is 86.9 cm³/mol. The second-order valence-corrected chi connectivity index (χ2v) is 5.54. The zero-order valence-corrected chi connectivity index (χ0v) is 12.5. The largest absolute Gasteiger partial charge is 0.368 e. The second kappa shape index (κ2) is 5.81. The van der Waals surface area contributed by atoms with Crippen LogP contribution >= 0.6 is 0 Å². The number of amides is 1. The highest BCUT2D eigenvalue weighted by atomic mass is 16.5. The highest BCUT2D eigenvalue weighted by molar-refractivity contribution is 5.96. The van der Waals surface area contributed by atoms with Crippen molar-refractivity contribution in [3.05, 3.63) is 42.7 Å². The van der Waals surface area contributed by atoms with Crippen molar-refractivity contribution in [2.75, 3.05) is 11.9 Å². The molecule has 1 aliphatic heterocycles. The van der Waals surface area contributed by atoms with Gasteiger partial charge in [0.05, 0.1) is 11.0 Å². The fourth-order valence-corrected chi connectivity index (χ4v) is 2.74. The van der Waals surface area contributed by atoms with Crippen molar-refractivity contribution in [2.24, 2.45) is 0 Å². The molecule has 0 unspecified atom stereocenters. The van der Waals surface area contributed by atoms with Gasteiger partial charge in [-0.3, -0.25) is 9.78 Å². The van der Waals surface area contributed by atoms with E-state index in [1.54, 1.807) is 12.4 Å². The predicted octanol–water partition coefficient (Wildman–Crippen LogP) is 2.74. The van der Waals surface area contributed by atoms with Gasteiger partial charge in [-0.15, -0.1) is 0 Å². The topological polar surface area (TPSA) is 79.9 Å². The molecule has 1 atom stereocenters. The average Bonchev–Trinajstić information content (AvgIpc) is 3.25. The van der Waals surface area contributed by atoms with Crippen molar-refractivity contribution in [1.82, 2.24) is 15.0 Å². The molecule has 1 aromatic carbocycles. The van der Waals surface area contributed by atoms with Crippen LogP contribution in [0.2, 0.25) is 0 Å². The number of carbonyl (C=O) groups is 1. The van der Waals surface area contributed by atoms with Gasteiger partial charge in [-0.1, -0.05) is 0 Å². The van der Waals surface area contributed by atoms with Crippen LogP contribution in [0.1, 0.15) is 12.8 Å². The summed E-state index contributed by atoms with van der Waals surface area (Å²) in [6, 6.07) is 9.43. The van der Waals surface area contributed by atoms with E-state index in [0.29, 0.717) is 6.61 Å². The zero-order valence-electron chi connectivity index (χ0n) is 12.5. The van der Waals surface area contributed by atoms with Gasteiger partial charge in [0.15, 0.2) is 0 Å². The minimum absolute atomic E-state index is 0.0873. The van der Waals surface area contributed by atoms with E-state index >= 15 is 0 Å². The van der Waals surface area contributed by atoms with E-state index in [1.165, 1.54) is 0 Å². The summed E-state index contributed by atoms with van der Waals surface area (Å²) >= 11 is 0. The molecule has 0 radical (unpaired) electrons. The van der Waals surface area contributed by atoms with Crippen LogP contribution in [0.4, 0.5) is 5.69 Å². The number of aromatic nitrogens is 3. The Morgan fingerprint density at radius 3 is 2.91 bits per heavy atom. The van der Waals surface area contributed by atoms with Crippen LogP contribution in [0.5, 0.6) is 0 Å². The summed E-state index contributed by atoms with van der Waals surface area (Å²) in [5.41, 5.74) is 3.44. The molecule has 1 amide bonds. The third-order valence-corrected chi connectivity index (χ3v) is 3.93. The smallest absolute Gasteiger partial charge is 0.253 e. The van der Waals surface area contributed by atoms with E-state index in [4.69, 9.17) is 4.74 Å². The summed E-state index contributed by atoms with van der Waals surface area (Å²) in [6.45, 7) is 0.660. The Balaban J connectivity index is 1.59. The normalized spacial score (nSPS) is 17.5. The number of benzene rings is 1. The minimum atomic E-state index is -0.333. The number of imidazole rings is 1. The molecule has 0 saturated carbocycles. The molecule has 0 aliphatic carbocycles. The molecule has 116 valence electrons. The van der Waals surface area contributed by atoms with Crippen molar-refractivity contribution in [3.63, 3.8) is 0 Å². The van der Waals surface area contributed by atoms with Crippen molar-refractivity contribution >= 4 is 22.6 Å². The molecular formula is C17H16N4O2. The Morgan fingerprint density at radius 2 is 2.13 bits per heavy atom. The lowest BCUT2D eigenvalue weighted by molar-refractivity contribution is -0.124. The highest BCUT2D eigenvalue weighted by Crippen LogP contribution is 2.23. The molecule has 1 saturated heterocycles. The molecule has 4 rings (SSSR count). The van der Waals surface area contributed by atoms with Crippen LogP contribution in [0.25, 0.3) is 22.4 Å². The number of carbonyl (C=O) groups excluding carboxylic acids is 1. The highest BCUT2D eigenvalue weighted by Gasteiger charge is 2.23. The molecule has 0 spiro atoms. The first-order valence-corrected chi connectivity index (χ1v) is 7.62. The molecular weight excluding hydrogens is 292 g/mol. The van der Waals surface area contributed by atoms with E-state index in [0.717, 1.165) is 41.0 Å². The Morgan fingerprint density at radius 1 is 1.26 bits per heavy atom. The van der Waals surface area contributed by atoms with E-state index in [9.17, 15) is 4.79 Å². The molecule has 0 bridgehead atoms. The number of nitrogens with zero attached hydrogens (tertiary/aromatic N) is 2. The van der Waals surface area contributed by atoms with Crippen molar-refractivity contribution in [2.45, 2.75) is 18.9 Å². The molecule has 23 heavy (non-hydrogen) atoms. The summed E-state index contributed by atoms with van der Waals surface area (Å²) in [5, 5.41) is 2.90. The average molecular weight is 308 g/mol. The summed E-state index contributed by atoms with van der Waals surface area (Å²) < 4.78 is 5.40. The van der Waals surface area contributed by atoms with Crippen LogP contribution in [0.3, 0.4) is 0 Å². The lowest BCUT2D eigenvalue weighted by atomic mass is 10.2. The van der Waals surface area contributed by atoms with Crippen LogP contribution in [-0.4, -0.2) is 33.6 Å². The zero-order chi connectivity index (χ0) is 15.6. The number of aromatic amines is 1. The molecule has 6 nitrogen and oxygen atoms in total. The fraction of sp³-hybridized carbons (Fsp3) is 0.235. The van der Waals surface area contributed by atoms with Gasteiger partial charge in [0.2, 0.25) is 0 Å². The summed E-state index contributed by atoms with van der Waals surface area (Å²) in [6.07, 6.45) is 4.85. The molecule has 3 aromatic rings. The Hall–Kier alpha value is -2.73. The van der Waals surface area contributed by atoms with Crippen LogP contribution < -0.4 is 5.32 Å². The van der Waals surface area contributed by atoms with Gasteiger partial charge < -0.3 is 15.0 Å². The van der Waals surface area contributed by atoms with Crippen molar-refractivity contribution in [1.29, 1.82) is 0 Å². The van der Waals surface area contributed by atoms with Gasteiger partial charge >= 0.3 is 0 Å². The van der Waals surface area contributed by atoms with Crippen LogP contribution in [0.15, 0.2) is 42.7 Å². The standard InChI is InChI=1S/C17H16N4O2/c22-17(15-2-1-9-23-15)19-12-3-4-13-14(10-12)21-16(20-13)11-5-7-18-8-6-11/h3-8,10,15H,1-2,9H2,(H,19,22)(H,20,21)/t15-/m1/s1. The Kier molecular flexibility index (Phi) is 3.51. The molecule has 3 heterocycles. The van der Waals surface area contributed by atoms with E-state index in [1.807, 2.05) is 30.3 Å². The number of hydrogen-bond donors (Lipinski definition) is 2. The molecule has 1 aliphatic rings. The van der Waals surface area contributed by atoms with Crippen LogP contribution in [-0.2, 0) is 9.53 Å². The number of H-pyrrole nitrogens is 1. The Labute approximate surface area is 132 Å². The van der Waals surface area contributed by atoms with E-state index in [2.05, 4.69) is 20.3 Å². The molecule has 2 N–H and O–H groups in total. The number of nitrogens with one attached hydrogen (secondary N) is 2. The number of hydrogen-bond acceptors (Lipinski definition) is 4. The van der Waals surface area contributed by atoms with E-state index < -0.39 is 0 Å². The minimum Gasteiger partial charge on any atom is -0.368 e. The van der Waals surface area contributed by atoms with E-state index in [-0.39, 0.29) is 12.0 Å². The van der Waals surface area contributed by atoms with Gasteiger partial charge in [0, 0.05) is 30.3 Å². The number of rotatable bonds is 3. The van der Waals surface area contributed by atoms with Crippen molar-refractivity contribution < 1.29 is 9.53 Å². The summed E-state index contributed by atoms with van der Waals surface area (Å²) in [7, 11) is 0. The number of fused-ring (bicyclic) bond motifs is 1. The quantitative estimate of drug-likeness (QED) is 0.779. The fourth-order valence-electron chi connectivity index (χ4n) is 2.74. The number of anilines is 1. The van der Waals surface area contributed by atoms with Crippen molar-refractivity contribution in [3.8, 4) is 11.4 Å². The lowest BCUT2D eigenvalue weighted by Crippen LogP contribution is -2.26. The third kappa shape index (κ3) is 2.80. The summed E-state index contributed by atoms with van der Waals surface area (Å²) in [5.74, 6) is 0.695. The SMILES string of the molecule is O=C(Nc1ccc2nc(-c3ccncc3)[nH]c2c1)[C@H]1CCCO1. The van der Waals surface area contributed by atoms with Gasteiger partial charge in [-0.2, -0.15) is 0 Å². The van der Waals surface area contributed by atoms with Crippen LogP contribution in [0, 0.1) is 0 Å². The van der Waals surface area contributed by atoms with Gasteiger partial charge in [0.25, 0.3) is 5.91 Å². The maximum Gasteiger partial charge on any atom is 0.253 e. The first-order valence-electron chi connectivity index (χ1n) is 7.62. The lowest BCUT2D eigenvalue weighted by Gasteiger charge is -2.10. The summed E-state index contributed by atoms with van der Waals surface area (Å²) in [4.78, 5) is 24.0. The maximum atomic E-state index is 12.1. The maximum absolute atomic E-state index is 12.1. The van der Waals surface area contributed by atoms with Gasteiger partial charge in [-0.05, 0) is 43.2 Å². The molecule has 6 heteroatoms. The monoisotopic (exact) mass is 308 g/mol. The first-order chi connectivity index (χ1) is 11.3. The molecule has 2 aromatic heterocycles. The number of pyridine rings is 1. The Bertz CT molecular complexity index is 838. The first kappa shape index (κ1) is 13.9.